The molecular formula is C9H9BrFNO2. The van der Waals surface area contributed by atoms with Crippen molar-refractivity contribution in [3.05, 3.63) is 34.1 Å². The van der Waals surface area contributed by atoms with Gasteiger partial charge in [0.2, 0.25) is 0 Å². The molecule has 0 saturated heterocycles. The topological polar surface area (TPSA) is 63.3 Å². The van der Waals surface area contributed by atoms with Crippen LogP contribution in [0.5, 0.6) is 0 Å². The van der Waals surface area contributed by atoms with E-state index in [0.29, 0.717) is 10.0 Å². The lowest BCUT2D eigenvalue weighted by Gasteiger charge is -2.11. The zero-order valence-electron chi connectivity index (χ0n) is 7.21. The second kappa shape index (κ2) is 4.52. The van der Waals surface area contributed by atoms with Crippen LogP contribution in [-0.4, -0.2) is 11.1 Å². The van der Waals surface area contributed by atoms with Gasteiger partial charge in [-0.15, -0.1) is 0 Å². The smallest absolute Gasteiger partial charge is 0.305 e. The van der Waals surface area contributed by atoms with Crippen LogP contribution < -0.4 is 5.73 Å². The van der Waals surface area contributed by atoms with Crippen molar-refractivity contribution in [1.29, 1.82) is 0 Å². The SMILES string of the molecule is NC(CC(=O)O)c1ccc(F)cc1Br. The lowest BCUT2D eigenvalue weighted by molar-refractivity contribution is -0.137. The van der Waals surface area contributed by atoms with Crippen LogP contribution >= 0.6 is 15.9 Å². The van der Waals surface area contributed by atoms with Gasteiger partial charge >= 0.3 is 5.97 Å². The largest absolute Gasteiger partial charge is 0.481 e. The van der Waals surface area contributed by atoms with E-state index in [9.17, 15) is 9.18 Å². The number of rotatable bonds is 3. The minimum Gasteiger partial charge on any atom is -0.481 e. The second-order valence-electron chi connectivity index (χ2n) is 2.87. The predicted molar refractivity (Wildman–Crippen MR) is 53.3 cm³/mol. The molecule has 3 N–H and O–H groups in total. The van der Waals surface area contributed by atoms with Gasteiger partial charge in [0, 0.05) is 10.5 Å². The first-order valence-electron chi connectivity index (χ1n) is 3.93. The van der Waals surface area contributed by atoms with Gasteiger partial charge in [-0.1, -0.05) is 22.0 Å². The van der Waals surface area contributed by atoms with Crippen molar-refractivity contribution in [1.82, 2.24) is 0 Å². The number of halogens is 2. The first-order valence-corrected chi connectivity index (χ1v) is 4.72. The fraction of sp³-hybridized carbons (Fsp3) is 0.222. The van der Waals surface area contributed by atoms with E-state index in [1.54, 1.807) is 0 Å². The van der Waals surface area contributed by atoms with E-state index < -0.39 is 12.0 Å². The van der Waals surface area contributed by atoms with E-state index in [-0.39, 0.29) is 12.2 Å². The molecule has 14 heavy (non-hydrogen) atoms. The number of benzene rings is 1. The van der Waals surface area contributed by atoms with Crippen LogP contribution in [-0.2, 0) is 4.79 Å². The van der Waals surface area contributed by atoms with E-state index in [1.807, 2.05) is 0 Å². The van der Waals surface area contributed by atoms with Crippen LogP contribution in [0.4, 0.5) is 4.39 Å². The molecule has 0 heterocycles. The fourth-order valence-electron chi connectivity index (χ4n) is 1.10. The van der Waals surface area contributed by atoms with Crippen LogP contribution in [0, 0.1) is 5.82 Å². The minimum atomic E-state index is -0.978. The van der Waals surface area contributed by atoms with Gasteiger partial charge in [-0.2, -0.15) is 0 Å². The third-order valence-corrected chi connectivity index (χ3v) is 2.44. The van der Waals surface area contributed by atoms with Crippen LogP contribution in [0.3, 0.4) is 0 Å². The van der Waals surface area contributed by atoms with E-state index in [0.717, 1.165) is 0 Å². The van der Waals surface area contributed by atoms with Crippen molar-refractivity contribution in [2.75, 3.05) is 0 Å². The van der Waals surface area contributed by atoms with Crippen molar-refractivity contribution >= 4 is 21.9 Å². The Morgan fingerprint density at radius 2 is 2.29 bits per heavy atom. The summed E-state index contributed by atoms with van der Waals surface area (Å²) in [7, 11) is 0. The van der Waals surface area contributed by atoms with Gasteiger partial charge < -0.3 is 10.8 Å². The number of carboxylic acids is 1. The number of hydrogen-bond donors (Lipinski definition) is 2. The van der Waals surface area contributed by atoms with E-state index in [1.165, 1.54) is 18.2 Å². The van der Waals surface area contributed by atoms with Crippen molar-refractivity contribution < 1.29 is 14.3 Å². The summed E-state index contributed by atoms with van der Waals surface area (Å²) in [6.45, 7) is 0. The Kier molecular flexibility index (Phi) is 3.60. The second-order valence-corrected chi connectivity index (χ2v) is 3.72. The zero-order valence-corrected chi connectivity index (χ0v) is 8.79. The highest BCUT2D eigenvalue weighted by molar-refractivity contribution is 9.10. The third kappa shape index (κ3) is 2.78. The quantitative estimate of drug-likeness (QED) is 0.876. The van der Waals surface area contributed by atoms with E-state index in [4.69, 9.17) is 10.8 Å². The Hall–Kier alpha value is -0.940. The van der Waals surface area contributed by atoms with Gasteiger partial charge in [-0.3, -0.25) is 4.79 Å². The van der Waals surface area contributed by atoms with Gasteiger partial charge in [-0.25, -0.2) is 4.39 Å². The van der Waals surface area contributed by atoms with Crippen molar-refractivity contribution in [2.45, 2.75) is 12.5 Å². The van der Waals surface area contributed by atoms with Crippen LogP contribution in [0.2, 0.25) is 0 Å². The summed E-state index contributed by atoms with van der Waals surface area (Å²) in [5, 5.41) is 8.52. The Balaban J connectivity index is 2.90. The normalized spacial score (nSPS) is 12.5. The zero-order chi connectivity index (χ0) is 10.7. The highest BCUT2D eigenvalue weighted by Gasteiger charge is 2.13. The molecule has 1 aromatic rings. The minimum absolute atomic E-state index is 0.176. The Bertz CT molecular complexity index is 357. The van der Waals surface area contributed by atoms with Gasteiger partial charge in [0.25, 0.3) is 0 Å². The number of nitrogens with two attached hydrogens (primary N) is 1. The molecule has 0 aromatic heterocycles. The average Bonchev–Trinajstić information content (AvgIpc) is 2.01. The summed E-state index contributed by atoms with van der Waals surface area (Å²) in [5.74, 6) is -1.36. The number of carboxylic acid groups (broad SMARTS) is 1. The molecule has 0 spiro atoms. The van der Waals surface area contributed by atoms with E-state index >= 15 is 0 Å². The molecule has 0 fully saturated rings. The molecule has 1 atom stereocenters. The van der Waals surface area contributed by atoms with Gasteiger partial charge in [0.15, 0.2) is 0 Å². The molecule has 1 rings (SSSR count). The van der Waals surface area contributed by atoms with E-state index in [2.05, 4.69) is 15.9 Å². The molecular weight excluding hydrogens is 253 g/mol. The molecule has 0 amide bonds. The van der Waals surface area contributed by atoms with Crippen molar-refractivity contribution in [3.8, 4) is 0 Å². The average molecular weight is 262 g/mol. The third-order valence-electron chi connectivity index (χ3n) is 1.76. The van der Waals surface area contributed by atoms with Crippen molar-refractivity contribution in [3.63, 3.8) is 0 Å². The first-order chi connectivity index (χ1) is 6.50. The Morgan fingerprint density at radius 1 is 1.64 bits per heavy atom. The standard InChI is InChI=1S/C9H9BrFNO2/c10-7-3-5(11)1-2-6(7)8(12)4-9(13)14/h1-3,8H,4,12H2,(H,13,14). The number of hydrogen-bond acceptors (Lipinski definition) is 2. The molecule has 5 heteroatoms. The molecule has 3 nitrogen and oxygen atoms in total. The number of aliphatic carboxylic acids is 1. The maximum atomic E-state index is 12.7. The maximum Gasteiger partial charge on any atom is 0.305 e. The monoisotopic (exact) mass is 261 g/mol. The molecule has 76 valence electrons. The highest BCUT2D eigenvalue weighted by atomic mass is 79.9. The summed E-state index contributed by atoms with van der Waals surface area (Å²) in [6.07, 6.45) is -0.176. The fourth-order valence-corrected chi connectivity index (χ4v) is 1.75. The van der Waals surface area contributed by atoms with Crippen LogP contribution in [0.25, 0.3) is 0 Å². The summed E-state index contributed by atoms with van der Waals surface area (Å²) in [4.78, 5) is 10.4. The van der Waals surface area contributed by atoms with Crippen molar-refractivity contribution in [2.24, 2.45) is 5.73 Å². The lowest BCUT2D eigenvalue weighted by Crippen LogP contribution is -2.15. The van der Waals surface area contributed by atoms with Gasteiger partial charge in [-0.05, 0) is 17.7 Å². The summed E-state index contributed by atoms with van der Waals surface area (Å²) in [5.41, 5.74) is 6.21. The van der Waals surface area contributed by atoms with Crippen LogP contribution in [0.15, 0.2) is 22.7 Å². The molecule has 1 aromatic carbocycles. The van der Waals surface area contributed by atoms with Gasteiger partial charge in [0.1, 0.15) is 5.82 Å². The Morgan fingerprint density at radius 3 is 2.79 bits per heavy atom. The predicted octanol–water partition coefficient (Wildman–Crippen LogP) is 2.06. The summed E-state index contributed by atoms with van der Waals surface area (Å²) >= 11 is 3.12. The molecule has 0 aliphatic heterocycles. The molecule has 0 aliphatic carbocycles. The lowest BCUT2D eigenvalue weighted by atomic mass is 10.1. The maximum absolute atomic E-state index is 12.7. The van der Waals surface area contributed by atoms with Crippen LogP contribution in [0.1, 0.15) is 18.0 Å². The van der Waals surface area contributed by atoms with Gasteiger partial charge in [0.05, 0.1) is 6.42 Å². The molecule has 0 radical (unpaired) electrons. The summed E-state index contributed by atoms with van der Waals surface area (Å²) in [6, 6.07) is 3.37. The first kappa shape index (κ1) is 11.1. The molecule has 0 saturated carbocycles. The summed E-state index contributed by atoms with van der Waals surface area (Å²) < 4.78 is 13.2. The highest BCUT2D eigenvalue weighted by Crippen LogP contribution is 2.24. The molecule has 0 bridgehead atoms. The number of carbonyl (C=O) groups is 1. The molecule has 1 unspecified atom stereocenters. The Labute approximate surface area is 88.9 Å². The molecule has 0 aliphatic rings.